The summed E-state index contributed by atoms with van der Waals surface area (Å²) < 4.78 is 0. The molecule has 0 aliphatic carbocycles. The first-order valence-corrected chi connectivity index (χ1v) is 8.32. The van der Waals surface area contributed by atoms with Crippen LogP contribution >= 0.6 is 0 Å². The summed E-state index contributed by atoms with van der Waals surface area (Å²) in [5.74, 6) is -0.660. The SMILES string of the molecule is CCN(CC)C(=O)C1(C(N)=O)CC=CN(N2CCCCC2)C1. The number of hydrogen-bond acceptors (Lipinski definition) is 4. The number of nitrogens with zero attached hydrogens (tertiary/aromatic N) is 3. The van der Waals surface area contributed by atoms with E-state index in [0.29, 0.717) is 26.1 Å². The number of hydrogen-bond donors (Lipinski definition) is 1. The van der Waals surface area contributed by atoms with Crippen LogP contribution in [-0.2, 0) is 9.59 Å². The molecule has 0 spiro atoms. The summed E-state index contributed by atoms with van der Waals surface area (Å²) in [5.41, 5.74) is 4.54. The fraction of sp³-hybridized carbons (Fsp3) is 0.750. The molecule has 2 heterocycles. The minimum absolute atomic E-state index is 0.142. The second kappa shape index (κ2) is 7.13. The summed E-state index contributed by atoms with van der Waals surface area (Å²) in [7, 11) is 0. The van der Waals surface area contributed by atoms with Crippen molar-refractivity contribution in [2.75, 3.05) is 32.7 Å². The van der Waals surface area contributed by atoms with Crippen LogP contribution in [0, 0.1) is 5.41 Å². The Bertz CT molecular complexity index is 441. The van der Waals surface area contributed by atoms with Crippen molar-refractivity contribution in [3.8, 4) is 0 Å². The Hall–Kier alpha value is -1.56. The molecule has 2 N–H and O–H groups in total. The molecule has 1 atom stereocenters. The zero-order valence-corrected chi connectivity index (χ0v) is 13.8. The van der Waals surface area contributed by atoms with E-state index in [1.807, 2.05) is 31.1 Å². The number of rotatable bonds is 5. The Labute approximate surface area is 132 Å². The second-order valence-electron chi connectivity index (χ2n) is 6.12. The Balaban J connectivity index is 2.22. The van der Waals surface area contributed by atoms with Crippen LogP contribution in [0.5, 0.6) is 0 Å². The maximum atomic E-state index is 12.9. The molecule has 1 fully saturated rings. The molecule has 0 bridgehead atoms. The van der Waals surface area contributed by atoms with Crippen LogP contribution in [0.1, 0.15) is 39.5 Å². The summed E-state index contributed by atoms with van der Waals surface area (Å²) in [6.07, 6.45) is 7.83. The average molecular weight is 308 g/mol. The molecule has 1 saturated heterocycles. The van der Waals surface area contributed by atoms with E-state index in [0.717, 1.165) is 25.9 Å². The maximum Gasteiger partial charge on any atom is 0.240 e. The van der Waals surface area contributed by atoms with Crippen LogP contribution in [0.25, 0.3) is 0 Å². The predicted octanol–water partition coefficient (Wildman–Crippen LogP) is 0.947. The smallest absolute Gasteiger partial charge is 0.240 e. The normalized spacial score (nSPS) is 26.0. The molecule has 2 aliphatic heterocycles. The zero-order valence-electron chi connectivity index (χ0n) is 13.8. The third-order valence-electron chi connectivity index (χ3n) is 4.80. The summed E-state index contributed by atoms with van der Waals surface area (Å²) in [6.45, 7) is 7.34. The first-order valence-electron chi connectivity index (χ1n) is 8.32. The first-order chi connectivity index (χ1) is 10.5. The average Bonchev–Trinajstić information content (AvgIpc) is 2.56. The van der Waals surface area contributed by atoms with Gasteiger partial charge in [0.1, 0.15) is 5.41 Å². The van der Waals surface area contributed by atoms with E-state index < -0.39 is 11.3 Å². The maximum absolute atomic E-state index is 12.9. The highest BCUT2D eigenvalue weighted by atomic mass is 16.2. The minimum Gasteiger partial charge on any atom is -0.369 e. The minimum atomic E-state index is -1.14. The van der Waals surface area contributed by atoms with Crippen molar-refractivity contribution >= 4 is 11.8 Å². The molecule has 0 aromatic rings. The molecule has 2 amide bonds. The first kappa shape index (κ1) is 16.8. The Morgan fingerprint density at radius 2 is 1.82 bits per heavy atom. The fourth-order valence-corrected chi connectivity index (χ4v) is 3.35. The number of hydrazine groups is 1. The molecule has 0 aromatic carbocycles. The van der Waals surface area contributed by atoms with Crippen molar-refractivity contribution in [1.29, 1.82) is 0 Å². The summed E-state index contributed by atoms with van der Waals surface area (Å²) in [5, 5.41) is 4.25. The van der Waals surface area contributed by atoms with Crippen LogP contribution in [0.2, 0.25) is 0 Å². The van der Waals surface area contributed by atoms with Gasteiger partial charge in [-0.25, -0.2) is 5.01 Å². The quantitative estimate of drug-likeness (QED) is 0.768. The van der Waals surface area contributed by atoms with Gasteiger partial charge >= 0.3 is 0 Å². The van der Waals surface area contributed by atoms with E-state index in [9.17, 15) is 9.59 Å². The third kappa shape index (κ3) is 3.11. The highest BCUT2D eigenvalue weighted by molar-refractivity contribution is 6.05. The van der Waals surface area contributed by atoms with Crippen molar-refractivity contribution < 1.29 is 9.59 Å². The topological polar surface area (TPSA) is 69.9 Å². The van der Waals surface area contributed by atoms with Gasteiger partial charge in [-0.15, -0.1) is 0 Å². The third-order valence-corrected chi connectivity index (χ3v) is 4.80. The predicted molar refractivity (Wildman–Crippen MR) is 85.4 cm³/mol. The van der Waals surface area contributed by atoms with E-state index >= 15 is 0 Å². The van der Waals surface area contributed by atoms with Gasteiger partial charge in [0.15, 0.2) is 0 Å². The molecule has 6 nitrogen and oxygen atoms in total. The van der Waals surface area contributed by atoms with E-state index in [1.165, 1.54) is 6.42 Å². The van der Waals surface area contributed by atoms with Crippen LogP contribution in [0.15, 0.2) is 12.3 Å². The van der Waals surface area contributed by atoms with E-state index in [-0.39, 0.29) is 5.91 Å². The molecule has 22 heavy (non-hydrogen) atoms. The van der Waals surface area contributed by atoms with Crippen LogP contribution in [0.3, 0.4) is 0 Å². The molecule has 1 unspecified atom stereocenters. The van der Waals surface area contributed by atoms with Crippen LogP contribution in [-0.4, -0.2) is 59.5 Å². The monoisotopic (exact) mass is 308 g/mol. The summed E-state index contributed by atoms with van der Waals surface area (Å²) in [4.78, 5) is 26.8. The lowest BCUT2D eigenvalue weighted by Crippen LogP contribution is -2.59. The lowest BCUT2D eigenvalue weighted by Gasteiger charge is -2.44. The number of nitrogens with two attached hydrogens (primary N) is 1. The van der Waals surface area contributed by atoms with Crippen LogP contribution in [0.4, 0.5) is 0 Å². The number of piperidine rings is 1. The number of carbonyl (C=O) groups excluding carboxylic acids is 2. The van der Waals surface area contributed by atoms with E-state index in [2.05, 4.69) is 5.01 Å². The summed E-state index contributed by atoms with van der Waals surface area (Å²) in [6, 6.07) is 0. The molecule has 0 saturated carbocycles. The molecular formula is C16H28N4O2. The number of amides is 2. The van der Waals surface area contributed by atoms with Gasteiger partial charge in [-0.05, 0) is 33.1 Å². The van der Waals surface area contributed by atoms with Gasteiger partial charge in [-0.2, -0.15) is 0 Å². The van der Waals surface area contributed by atoms with Gasteiger partial charge in [0.05, 0.1) is 6.54 Å². The van der Waals surface area contributed by atoms with Crippen LogP contribution < -0.4 is 5.73 Å². The summed E-state index contributed by atoms with van der Waals surface area (Å²) >= 11 is 0. The largest absolute Gasteiger partial charge is 0.369 e. The van der Waals surface area contributed by atoms with Crippen molar-refractivity contribution in [2.45, 2.75) is 39.5 Å². The number of allylic oxidation sites excluding steroid dienone is 1. The Morgan fingerprint density at radius 3 is 2.36 bits per heavy atom. The van der Waals surface area contributed by atoms with E-state index in [1.54, 1.807) is 4.90 Å². The lowest BCUT2D eigenvalue weighted by molar-refractivity contribution is -0.154. The number of primary amides is 1. The highest BCUT2D eigenvalue weighted by Crippen LogP contribution is 2.32. The molecule has 6 heteroatoms. The number of carbonyl (C=O) groups is 2. The van der Waals surface area contributed by atoms with Gasteiger partial charge in [0.25, 0.3) is 0 Å². The molecule has 2 aliphatic rings. The van der Waals surface area contributed by atoms with Crippen molar-refractivity contribution in [1.82, 2.24) is 14.9 Å². The van der Waals surface area contributed by atoms with Gasteiger partial charge in [-0.1, -0.05) is 12.5 Å². The van der Waals surface area contributed by atoms with Gasteiger partial charge in [0.2, 0.25) is 11.8 Å². The fourth-order valence-electron chi connectivity index (χ4n) is 3.35. The molecule has 124 valence electrons. The van der Waals surface area contributed by atoms with Crippen molar-refractivity contribution in [3.63, 3.8) is 0 Å². The zero-order chi connectivity index (χ0) is 16.2. The molecular weight excluding hydrogens is 280 g/mol. The molecule has 0 radical (unpaired) electrons. The second-order valence-corrected chi connectivity index (χ2v) is 6.12. The van der Waals surface area contributed by atoms with E-state index in [4.69, 9.17) is 5.73 Å². The van der Waals surface area contributed by atoms with Gasteiger partial charge in [-0.3, -0.25) is 9.59 Å². The standard InChI is InChI=1S/C16H28N4O2/c1-3-18(4-2)15(22)16(14(17)21)9-8-12-20(13-16)19-10-6-5-7-11-19/h8,12H,3-7,9-11,13H2,1-2H3,(H2,17,21). The van der Waals surface area contributed by atoms with Crippen molar-refractivity contribution in [2.24, 2.45) is 11.1 Å². The van der Waals surface area contributed by atoms with Gasteiger partial charge < -0.3 is 15.6 Å². The Kier molecular flexibility index (Phi) is 5.45. The Morgan fingerprint density at radius 1 is 1.18 bits per heavy atom. The van der Waals surface area contributed by atoms with Crippen molar-refractivity contribution in [3.05, 3.63) is 12.3 Å². The molecule has 0 aromatic heterocycles. The molecule has 2 rings (SSSR count). The highest BCUT2D eigenvalue weighted by Gasteiger charge is 2.48. The van der Waals surface area contributed by atoms with Gasteiger partial charge in [0, 0.05) is 32.4 Å². The lowest BCUT2D eigenvalue weighted by atomic mass is 9.80.